The van der Waals surface area contributed by atoms with Crippen LogP contribution in [0.1, 0.15) is 59.9 Å². The topological polar surface area (TPSA) is 51.2 Å². The molecule has 0 unspecified atom stereocenters. The van der Waals surface area contributed by atoms with Gasteiger partial charge < -0.3 is 10.1 Å². The van der Waals surface area contributed by atoms with Crippen molar-refractivity contribution >= 4 is 17.2 Å². The van der Waals surface area contributed by atoms with Crippen molar-refractivity contribution in [2.45, 2.75) is 70.1 Å². The summed E-state index contributed by atoms with van der Waals surface area (Å²) in [6, 6.07) is 10.6. The Morgan fingerprint density at radius 2 is 2.04 bits per heavy atom. The van der Waals surface area contributed by atoms with Gasteiger partial charge in [0.2, 0.25) is 5.91 Å². The average Bonchev–Trinajstić information content (AvgIpc) is 3.06. The number of amides is 1. The van der Waals surface area contributed by atoms with Gasteiger partial charge >= 0.3 is 0 Å². The Kier molecular flexibility index (Phi) is 5.36. The summed E-state index contributed by atoms with van der Waals surface area (Å²) in [6.07, 6.45) is 7.41. The largest absolute Gasteiger partial charge is 0.367 e. The number of hydrogen-bond donors (Lipinski definition) is 1. The minimum Gasteiger partial charge on any atom is -0.367 e. The van der Waals surface area contributed by atoms with E-state index in [0.717, 1.165) is 37.1 Å². The van der Waals surface area contributed by atoms with Crippen molar-refractivity contribution in [1.29, 1.82) is 0 Å². The zero-order chi connectivity index (χ0) is 17.9. The Bertz CT molecular complexity index is 735. The summed E-state index contributed by atoms with van der Waals surface area (Å²) in [5, 5.41) is 4.22. The van der Waals surface area contributed by atoms with E-state index in [4.69, 9.17) is 9.72 Å². The summed E-state index contributed by atoms with van der Waals surface area (Å²) in [5.74, 6) is 0.0348. The van der Waals surface area contributed by atoms with Gasteiger partial charge in [-0.05, 0) is 44.1 Å². The van der Waals surface area contributed by atoms with E-state index < -0.39 is 0 Å². The third kappa shape index (κ3) is 4.15. The van der Waals surface area contributed by atoms with Crippen molar-refractivity contribution in [1.82, 2.24) is 10.3 Å². The second-order valence-corrected chi connectivity index (χ2v) is 8.55. The van der Waals surface area contributed by atoms with Gasteiger partial charge in [-0.3, -0.25) is 4.79 Å². The van der Waals surface area contributed by atoms with E-state index in [1.165, 1.54) is 29.0 Å². The molecule has 0 radical (unpaired) electrons. The number of fused-ring (bicyclic) bond motifs is 1. The van der Waals surface area contributed by atoms with Crippen LogP contribution in [0.2, 0.25) is 0 Å². The summed E-state index contributed by atoms with van der Waals surface area (Å²) >= 11 is 1.82. The highest BCUT2D eigenvalue weighted by Gasteiger charge is 2.33. The van der Waals surface area contributed by atoms with Gasteiger partial charge in [-0.15, -0.1) is 11.3 Å². The fraction of sp³-hybridized carbons (Fsp3) is 0.524. The van der Waals surface area contributed by atoms with E-state index >= 15 is 0 Å². The van der Waals surface area contributed by atoms with Crippen molar-refractivity contribution in [3.05, 3.63) is 51.5 Å². The molecule has 0 bridgehead atoms. The van der Waals surface area contributed by atoms with Gasteiger partial charge in [0.15, 0.2) is 0 Å². The molecule has 1 fully saturated rings. The van der Waals surface area contributed by atoms with Crippen LogP contribution >= 0.6 is 11.3 Å². The molecule has 2 aromatic rings. The lowest BCUT2D eigenvalue weighted by molar-refractivity contribution is -0.122. The molecule has 2 heterocycles. The highest BCUT2D eigenvalue weighted by molar-refractivity contribution is 7.11. The number of nitrogens with zero attached hydrogens (tertiary/aromatic N) is 1. The van der Waals surface area contributed by atoms with Crippen LogP contribution in [0, 0.1) is 0 Å². The number of aromatic nitrogens is 1. The summed E-state index contributed by atoms with van der Waals surface area (Å²) < 4.78 is 6.46. The third-order valence-electron chi connectivity index (χ3n) is 5.25. The molecule has 1 saturated heterocycles. The summed E-state index contributed by atoms with van der Waals surface area (Å²) in [4.78, 5) is 18.0. The number of carbonyl (C=O) groups excluding carboxylic acids is 1. The molecule has 1 N–H and O–H groups in total. The first-order valence-electron chi connectivity index (χ1n) is 9.62. The maximum absolute atomic E-state index is 11.6. The Balaban J connectivity index is 1.52. The molecule has 0 spiro atoms. The lowest BCUT2D eigenvalue weighted by Crippen LogP contribution is -2.42. The van der Waals surface area contributed by atoms with Crippen molar-refractivity contribution < 1.29 is 9.53 Å². The van der Waals surface area contributed by atoms with Crippen LogP contribution in [0.3, 0.4) is 0 Å². The van der Waals surface area contributed by atoms with Crippen LogP contribution in [0.5, 0.6) is 0 Å². The standard InChI is InChI=1S/C21H26N2O2S/c1-14(24)22-16-12-17(11-15-7-3-2-4-8-15)25-19(13-16)21-23-18-9-5-6-10-20(18)26-21/h2-4,7-8,16-17,19H,5-6,9-13H2,1H3,(H,22,24)/t16-,17+,19+/m1/s1. The Morgan fingerprint density at radius 3 is 2.81 bits per heavy atom. The van der Waals surface area contributed by atoms with Gasteiger partial charge in [-0.2, -0.15) is 0 Å². The summed E-state index contributed by atoms with van der Waals surface area (Å²) in [7, 11) is 0. The van der Waals surface area contributed by atoms with Gasteiger partial charge in [0, 0.05) is 24.3 Å². The lowest BCUT2D eigenvalue weighted by atomic mass is 9.94. The van der Waals surface area contributed by atoms with Crippen LogP contribution in [0.15, 0.2) is 30.3 Å². The number of nitrogens with one attached hydrogen (secondary N) is 1. The first kappa shape index (κ1) is 17.7. The fourth-order valence-corrected chi connectivity index (χ4v) is 5.30. The van der Waals surface area contributed by atoms with Gasteiger partial charge in [0.05, 0.1) is 11.8 Å². The molecule has 0 saturated carbocycles. The molecule has 4 nitrogen and oxygen atoms in total. The number of rotatable bonds is 4. The maximum atomic E-state index is 11.6. The Hall–Kier alpha value is -1.72. The number of ether oxygens (including phenoxy) is 1. The number of benzene rings is 1. The molecule has 5 heteroatoms. The predicted octanol–water partition coefficient (Wildman–Crippen LogP) is 3.99. The SMILES string of the molecule is CC(=O)N[C@@H]1C[C@H](Cc2ccccc2)O[C@H](c2nc3c(s2)CCCC3)C1. The molecular weight excluding hydrogens is 344 g/mol. The van der Waals surface area contributed by atoms with Crippen LogP contribution in [0.4, 0.5) is 0 Å². The lowest BCUT2D eigenvalue weighted by Gasteiger charge is -2.35. The predicted molar refractivity (Wildman–Crippen MR) is 103 cm³/mol. The first-order chi connectivity index (χ1) is 12.7. The Labute approximate surface area is 159 Å². The van der Waals surface area contributed by atoms with E-state index in [9.17, 15) is 4.79 Å². The van der Waals surface area contributed by atoms with E-state index in [1.54, 1.807) is 6.92 Å². The van der Waals surface area contributed by atoms with Gasteiger partial charge in [0.1, 0.15) is 11.1 Å². The van der Waals surface area contributed by atoms with E-state index in [-0.39, 0.29) is 24.2 Å². The third-order valence-corrected chi connectivity index (χ3v) is 6.50. The molecule has 3 atom stereocenters. The summed E-state index contributed by atoms with van der Waals surface area (Å²) in [5.41, 5.74) is 2.55. The molecular formula is C21H26N2O2S. The van der Waals surface area contributed by atoms with E-state index in [1.807, 2.05) is 17.4 Å². The molecule has 1 aliphatic heterocycles. The monoisotopic (exact) mass is 370 g/mol. The quantitative estimate of drug-likeness (QED) is 0.885. The zero-order valence-corrected chi connectivity index (χ0v) is 16.1. The van der Waals surface area contributed by atoms with Crippen molar-refractivity contribution in [2.75, 3.05) is 0 Å². The molecule has 1 amide bonds. The highest BCUT2D eigenvalue weighted by atomic mass is 32.1. The summed E-state index contributed by atoms with van der Waals surface area (Å²) in [6.45, 7) is 1.60. The van der Waals surface area contributed by atoms with Gasteiger partial charge in [-0.1, -0.05) is 30.3 Å². The Morgan fingerprint density at radius 1 is 1.23 bits per heavy atom. The molecule has 1 aliphatic carbocycles. The minimum atomic E-state index is -0.00934. The molecule has 4 rings (SSSR count). The molecule has 26 heavy (non-hydrogen) atoms. The van der Waals surface area contributed by atoms with Gasteiger partial charge in [0.25, 0.3) is 0 Å². The van der Waals surface area contributed by atoms with Crippen LogP contribution in [0.25, 0.3) is 0 Å². The number of carbonyl (C=O) groups is 1. The van der Waals surface area contributed by atoms with Gasteiger partial charge in [-0.25, -0.2) is 4.98 Å². The van der Waals surface area contributed by atoms with E-state index in [2.05, 4.69) is 29.6 Å². The van der Waals surface area contributed by atoms with E-state index in [0.29, 0.717) is 0 Å². The van der Waals surface area contributed by atoms with Crippen LogP contribution in [-0.2, 0) is 28.8 Å². The normalized spacial score (nSPS) is 25.5. The molecule has 2 aliphatic rings. The minimum absolute atomic E-state index is 0.00934. The fourth-order valence-electron chi connectivity index (χ4n) is 4.10. The number of hydrogen-bond acceptors (Lipinski definition) is 4. The number of aryl methyl sites for hydroxylation is 2. The highest BCUT2D eigenvalue weighted by Crippen LogP contribution is 2.37. The zero-order valence-electron chi connectivity index (χ0n) is 15.2. The number of thiazole rings is 1. The van der Waals surface area contributed by atoms with Crippen molar-refractivity contribution in [3.8, 4) is 0 Å². The van der Waals surface area contributed by atoms with Crippen LogP contribution < -0.4 is 5.32 Å². The molecule has 1 aromatic carbocycles. The molecule has 138 valence electrons. The van der Waals surface area contributed by atoms with Crippen LogP contribution in [-0.4, -0.2) is 23.0 Å². The first-order valence-corrected chi connectivity index (χ1v) is 10.4. The van der Waals surface area contributed by atoms with Crippen molar-refractivity contribution in [3.63, 3.8) is 0 Å². The maximum Gasteiger partial charge on any atom is 0.217 e. The second-order valence-electron chi connectivity index (χ2n) is 7.43. The average molecular weight is 371 g/mol. The smallest absolute Gasteiger partial charge is 0.217 e. The second kappa shape index (κ2) is 7.89. The van der Waals surface area contributed by atoms with Crippen molar-refractivity contribution in [2.24, 2.45) is 0 Å². The molecule has 1 aromatic heterocycles.